The summed E-state index contributed by atoms with van der Waals surface area (Å²) in [4.78, 5) is 18.7. The maximum absolute atomic E-state index is 14.1. The molecule has 0 spiro atoms. The van der Waals surface area contributed by atoms with E-state index >= 15 is 0 Å². The molecule has 30 heavy (non-hydrogen) atoms. The van der Waals surface area contributed by atoms with Gasteiger partial charge in [-0.2, -0.15) is 4.98 Å². The second-order valence-electron chi connectivity index (χ2n) is 6.93. The van der Waals surface area contributed by atoms with Crippen LogP contribution in [-0.4, -0.2) is 34.7 Å². The lowest BCUT2D eigenvalue weighted by Crippen LogP contribution is -2.27. The number of hydrogen-bond donors (Lipinski definition) is 0. The lowest BCUT2D eigenvalue weighted by atomic mass is 10.1. The third-order valence-electron chi connectivity index (χ3n) is 5.05. The molecule has 3 aromatic rings. The summed E-state index contributed by atoms with van der Waals surface area (Å²) in [6, 6.07) is 11.8. The van der Waals surface area contributed by atoms with Crippen LogP contribution in [0.2, 0.25) is 0 Å². The Bertz CT molecular complexity index is 1050. The zero-order valence-electron chi connectivity index (χ0n) is 16.8. The first-order valence-corrected chi connectivity index (χ1v) is 9.78. The molecule has 0 saturated carbocycles. The molecule has 1 aliphatic heterocycles. The molecule has 1 atom stereocenters. The lowest BCUT2D eigenvalue weighted by Gasteiger charge is -2.22. The van der Waals surface area contributed by atoms with E-state index in [9.17, 15) is 9.18 Å². The Hall–Kier alpha value is -3.42. The Morgan fingerprint density at radius 3 is 2.83 bits per heavy atom. The van der Waals surface area contributed by atoms with Crippen molar-refractivity contribution in [2.75, 3.05) is 13.7 Å². The number of rotatable bonds is 7. The molecule has 0 bridgehead atoms. The Morgan fingerprint density at radius 1 is 1.23 bits per heavy atom. The van der Waals surface area contributed by atoms with Crippen LogP contribution in [0.3, 0.4) is 0 Å². The van der Waals surface area contributed by atoms with Crippen LogP contribution < -0.4 is 9.47 Å². The summed E-state index contributed by atoms with van der Waals surface area (Å²) in [6.45, 7) is 2.67. The van der Waals surface area contributed by atoms with Crippen LogP contribution in [0.1, 0.15) is 37.3 Å². The number of aromatic nitrogens is 2. The van der Waals surface area contributed by atoms with Gasteiger partial charge >= 0.3 is 0 Å². The molecule has 7 nitrogen and oxygen atoms in total. The monoisotopic (exact) mass is 411 g/mol. The number of hydrogen-bond acceptors (Lipinski definition) is 6. The highest BCUT2D eigenvalue weighted by molar-refractivity contribution is 5.79. The van der Waals surface area contributed by atoms with Gasteiger partial charge in [0.1, 0.15) is 11.8 Å². The molecule has 1 amide bonds. The van der Waals surface area contributed by atoms with Gasteiger partial charge in [-0.05, 0) is 43.2 Å². The van der Waals surface area contributed by atoms with Crippen LogP contribution in [0.5, 0.6) is 11.5 Å². The Kier molecular flexibility index (Phi) is 5.65. The van der Waals surface area contributed by atoms with Crippen LogP contribution in [0.15, 0.2) is 47.0 Å². The predicted molar refractivity (Wildman–Crippen MR) is 106 cm³/mol. The van der Waals surface area contributed by atoms with E-state index in [1.165, 1.54) is 13.2 Å². The van der Waals surface area contributed by atoms with Gasteiger partial charge in [0.05, 0.1) is 19.3 Å². The summed E-state index contributed by atoms with van der Waals surface area (Å²) >= 11 is 0. The van der Waals surface area contributed by atoms with Crippen molar-refractivity contribution in [2.24, 2.45) is 0 Å². The highest BCUT2D eigenvalue weighted by Crippen LogP contribution is 2.35. The number of carbonyl (C=O) groups excluding carboxylic acids is 1. The Labute approximate surface area is 173 Å². The molecule has 1 saturated heterocycles. The smallest absolute Gasteiger partial charge is 0.249 e. The standard InChI is InChI=1S/C22H22FN3O4/c1-3-29-18-7-5-4-6-15(18)21-24-22(30-25-21)17-9-11-20(27)26(17)13-14-8-10-19(28-2)16(23)12-14/h4-8,10,12,17H,3,9,11,13H2,1-2H3. The molecule has 156 valence electrons. The fourth-order valence-corrected chi connectivity index (χ4v) is 3.61. The number of benzene rings is 2. The molecule has 0 N–H and O–H groups in total. The molecule has 0 aliphatic carbocycles. The normalized spacial score (nSPS) is 16.2. The van der Waals surface area contributed by atoms with E-state index in [4.69, 9.17) is 14.0 Å². The molecule has 1 aromatic heterocycles. The van der Waals surface area contributed by atoms with Crippen molar-refractivity contribution in [3.63, 3.8) is 0 Å². The third-order valence-corrected chi connectivity index (χ3v) is 5.05. The largest absolute Gasteiger partial charge is 0.494 e. The van der Waals surface area contributed by atoms with E-state index in [1.807, 2.05) is 31.2 Å². The number of methoxy groups -OCH3 is 1. The topological polar surface area (TPSA) is 77.7 Å². The third kappa shape index (κ3) is 3.85. The van der Waals surface area contributed by atoms with Crippen LogP contribution in [0.25, 0.3) is 11.4 Å². The van der Waals surface area contributed by atoms with E-state index < -0.39 is 5.82 Å². The number of likely N-dealkylation sites (tertiary alicyclic amines) is 1. The van der Waals surface area contributed by atoms with Gasteiger partial charge in [0.2, 0.25) is 17.6 Å². The second kappa shape index (κ2) is 8.52. The molecular weight excluding hydrogens is 389 g/mol. The second-order valence-corrected chi connectivity index (χ2v) is 6.93. The number of halogens is 1. The Morgan fingerprint density at radius 2 is 2.07 bits per heavy atom. The minimum Gasteiger partial charge on any atom is -0.494 e. The zero-order valence-corrected chi connectivity index (χ0v) is 16.8. The maximum Gasteiger partial charge on any atom is 0.249 e. The first kappa shape index (κ1) is 19.9. The molecule has 0 radical (unpaired) electrons. The first-order valence-electron chi connectivity index (χ1n) is 9.78. The summed E-state index contributed by atoms with van der Waals surface area (Å²) in [5.74, 6) is 1.09. The SMILES string of the molecule is CCOc1ccccc1-c1noc(C2CCC(=O)N2Cc2ccc(OC)c(F)c2)n1. The van der Waals surface area contributed by atoms with Crippen molar-refractivity contribution in [3.05, 3.63) is 59.7 Å². The van der Waals surface area contributed by atoms with Crippen molar-refractivity contribution in [2.45, 2.75) is 32.4 Å². The molecule has 8 heteroatoms. The number of para-hydroxylation sites is 1. The molecule has 1 aliphatic rings. The van der Waals surface area contributed by atoms with E-state index in [2.05, 4.69) is 10.1 Å². The highest BCUT2D eigenvalue weighted by atomic mass is 19.1. The minimum absolute atomic E-state index is 0.0364. The molecule has 2 heterocycles. The summed E-state index contributed by atoms with van der Waals surface area (Å²) in [7, 11) is 1.41. The van der Waals surface area contributed by atoms with Gasteiger partial charge in [-0.3, -0.25) is 4.79 Å². The van der Waals surface area contributed by atoms with Gasteiger partial charge in [0.25, 0.3) is 0 Å². The maximum atomic E-state index is 14.1. The van der Waals surface area contributed by atoms with Crippen molar-refractivity contribution < 1.29 is 23.2 Å². The van der Waals surface area contributed by atoms with Gasteiger partial charge in [-0.15, -0.1) is 0 Å². The fraction of sp³-hybridized carbons (Fsp3) is 0.318. The minimum atomic E-state index is -0.467. The van der Waals surface area contributed by atoms with E-state index in [-0.39, 0.29) is 24.2 Å². The van der Waals surface area contributed by atoms with Crippen molar-refractivity contribution in [3.8, 4) is 22.9 Å². The highest BCUT2D eigenvalue weighted by Gasteiger charge is 2.36. The molecule has 1 fully saturated rings. The van der Waals surface area contributed by atoms with Crippen LogP contribution in [-0.2, 0) is 11.3 Å². The summed E-state index contributed by atoms with van der Waals surface area (Å²) < 4.78 is 30.2. The average Bonchev–Trinajstić information content (AvgIpc) is 3.36. The number of amides is 1. The molecule has 1 unspecified atom stereocenters. The summed E-state index contributed by atoms with van der Waals surface area (Å²) in [6.07, 6.45) is 0.933. The number of carbonyl (C=O) groups is 1. The van der Waals surface area contributed by atoms with E-state index in [0.29, 0.717) is 42.5 Å². The Balaban J connectivity index is 1.58. The average molecular weight is 411 g/mol. The molecule has 2 aromatic carbocycles. The van der Waals surface area contributed by atoms with Gasteiger partial charge in [0.15, 0.2) is 11.6 Å². The molecular formula is C22H22FN3O4. The van der Waals surface area contributed by atoms with E-state index in [1.54, 1.807) is 17.0 Å². The van der Waals surface area contributed by atoms with Crippen molar-refractivity contribution in [1.82, 2.24) is 15.0 Å². The fourth-order valence-electron chi connectivity index (χ4n) is 3.61. The van der Waals surface area contributed by atoms with Gasteiger partial charge in [-0.25, -0.2) is 4.39 Å². The van der Waals surface area contributed by atoms with Crippen molar-refractivity contribution >= 4 is 5.91 Å². The van der Waals surface area contributed by atoms with Crippen molar-refractivity contribution in [1.29, 1.82) is 0 Å². The van der Waals surface area contributed by atoms with Crippen LogP contribution >= 0.6 is 0 Å². The zero-order chi connectivity index (χ0) is 21.1. The first-order chi connectivity index (χ1) is 14.6. The van der Waals surface area contributed by atoms with Gasteiger partial charge in [-0.1, -0.05) is 23.4 Å². The van der Waals surface area contributed by atoms with Crippen LogP contribution in [0.4, 0.5) is 4.39 Å². The van der Waals surface area contributed by atoms with Gasteiger partial charge in [0, 0.05) is 13.0 Å². The van der Waals surface area contributed by atoms with Crippen LogP contribution in [0, 0.1) is 5.82 Å². The van der Waals surface area contributed by atoms with Gasteiger partial charge < -0.3 is 18.9 Å². The quantitative estimate of drug-likeness (QED) is 0.581. The van der Waals surface area contributed by atoms with E-state index in [0.717, 1.165) is 5.56 Å². The summed E-state index contributed by atoms with van der Waals surface area (Å²) in [5.41, 5.74) is 1.39. The predicted octanol–water partition coefficient (Wildman–Crippen LogP) is 4.15. The number of ether oxygens (including phenoxy) is 2. The lowest BCUT2D eigenvalue weighted by molar-refractivity contribution is -0.130. The number of nitrogens with zero attached hydrogens (tertiary/aromatic N) is 3. The molecule has 4 rings (SSSR count). The summed E-state index contributed by atoms with van der Waals surface area (Å²) in [5, 5.41) is 4.10.